The molecule has 3 N–H and O–H groups in total. The van der Waals surface area contributed by atoms with Crippen molar-refractivity contribution in [3.8, 4) is 5.75 Å². The van der Waals surface area contributed by atoms with E-state index in [0.717, 1.165) is 24.3 Å². The molecule has 0 aliphatic heterocycles. The van der Waals surface area contributed by atoms with Gasteiger partial charge < -0.3 is 20.7 Å². The van der Waals surface area contributed by atoms with E-state index >= 15 is 0 Å². The molecule has 0 saturated carbocycles. The van der Waals surface area contributed by atoms with Crippen LogP contribution in [0.5, 0.6) is 5.75 Å². The molecule has 0 radical (unpaired) electrons. The lowest BCUT2D eigenvalue weighted by Crippen LogP contribution is -2.28. The van der Waals surface area contributed by atoms with E-state index < -0.39 is 24.0 Å². The number of alkyl halides is 3. The van der Waals surface area contributed by atoms with Gasteiger partial charge in [0.1, 0.15) is 17.4 Å². The number of likely N-dealkylation sites (N-methyl/N-ethyl adjacent to an activating group) is 1. The van der Waals surface area contributed by atoms with Gasteiger partial charge in [-0.3, -0.25) is 4.99 Å². The van der Waals surface area contributed by atoms with Crippen LogP contribution >= 0.6 is 24.0 Å². The first-order valence-corrected chi connectivity index (χ1v) is 8.10. The van der Waals surface area contributed by atoms with Gasteiger partial charge in [-0.25, -0.2) is 8.78 Å². The van der Waals surface area contributed by atoms with Gasteiger partial charge in [0.2, 0.25) is 0 Å². The van der Waals surface area contributed by atoms with Gasteiger partial charge in [0, 0.05) is 11.3 Å². The Balaban J connectivity index is 0.00000420. The van der Waals surface area contributed by atoms with E-state index in [-0.39, 0.29) is 47.8 Å². The third-order valence-electron chi connectivity index (χ3n) is 3.75. The molecule has 0 heterocycles. The molecule has 0 aliphatic rings. The number of rotatable bonds is 6. The van der Waals surface area contributed by atoms with E-state index in [9.17, 15) is 22.0 Å². The average molecular weight is 530 g/mol. The topological polar surface area (TPSA) is 62.9 Å². The van der Waals surface area contributed by atoms with Crippen LogP contribution in [0.3, 0.4) is 0 Å². The Morgan fingerprint density at radius 3 is 2.14 bits per heavy atom. The number of anilines is 1. The van der Waals surface area contributed by atoms with Gasteiger partial charge in [0.05, 0.1) is 12.6 Å². The van der Waals surface area contributed by atoms with Crippen molar-refractivity contribution in [1.29, 1.82) is 0 Å². The Morgan fingerprint density at radius 2 is 1.66 bits per heavy atom. The van der Waals surface area contributed by atoms with Crippen LogP contribution in [0.4, 0.5) is 27.6 Å². The van der Waals surface area contributed by atoms with Crippen LogP contribution in [0.25, 0.3) is 0 Å². The predicted octanol–water partition coefficient (Wildman–Crippen LogP) is 4.51. The number of nitrogens with two attached hydrogens (primary N) is 1. The third kappa shape index (κ3) is 7.65. The lowest BCUT2D eigenvalue weighted by atomic mass is 10.0. The third-order valence-corrected chi connectivity index (χ3v) is 3.75. The van der Waals surface area contributed by atoms with Crippen molar-refractivity contribution >= 4 is 35.6 Å². The SMILES string of the molecule is CN(C)C(CN=C(N)Nc1ccc(OC(F)(F)F)cc1)c1c(F)cccc1F.I. The molecule has 2 aromatic carbocycles. The van der Waals surface area contributed by atoms with Gasteiger partial charge in [-0.2, -0.15) is 0 Å². The van der Waals surface area contributed by atoms with E-state index in [1.807, 2.05) is 0 Å². The summed E-state index contributed by atoms with van der Waals surface area (Å²) in [5, 5.41) is 2.69. The molecule has 0 fully saturated rings. The predicted molar refractivity (Wildman–Crippen MR) is 111 cm³/mol. The second kappa shape index (κ2) is 10.6. The molecule has 11 heteroatoms. The largest absolute Gasteiger partial charge is 0.573 e. The fraction of sp³-hybridized carbons (Fsp3) is 0.278. The van der Waals surface area contributed by atoms with Gasteiger partial charge in [-0.05, 0) is 50.5 Å². The molecule has 1 atom stereocenters. The molecule has 1 unspecified atom stereocenters. The van der Waals surface area contributed by atoms with Gasteiger partial charge >= 0.3 is 6.36 Å². The smallest absolute Gasteiger partial charge is 0.406 e. The lowest BCUT2D eigenvalue weighted by Gasteiger charge is -2.24. The van der Waals surface area contributed by atoms with Crippen molar-refractivity contribution < 1.29 is 26.7 Å². The molecular weight excluding hydrogens is 510 g/mol. The zero-order valence-corrected chi connectivity index (χ0v) is 17.8. The Labute approximate surface area is 181 Å². The van der Waals surface area contributed by atoms with Crippen molar-refractivity contribution in [3.63, 3.8) is 0 Å². The molecule has 5 nitrogen and oxygen atoms in total. The average Bonchev–Trinajstić information content (AvgIpc) is 2.57. The van der Waals surface area contributed by atoms with Crippen molar-refractivity contribution in [2.24, 2.45) is 10.7 Å². The number of benzene rings is 2. The molecule has 0 aromatic heterocycles. The van der Waals surface area contributed by atoms with E-state index in [2.05, 4.69) is 15.0 Å². The van der Waals surface area contributed by atoms with Crippen LogP contribution < -0.4 is 15.8 Å². The maximum atomic E-state index is 14.0. The maximum Gasteiger partial charge on any atom is 0.573 e. The number of aliphatic imine (C=N–C) groups is 1. The van der Waals surface area contributed by atoms with E-state index in [4.69, 9.17) is 5.73 Å². The van der Waals surface area contributed by atoms with Gasteiger partial charge in [-0.1, -0.05) is 6.07 Å². The summed E-state index contributed by atoms with van der Waals surface area (Å²) < 4.78 is 68.3. The van der Waals surface area contributed by atoms with Crippen molar-refractivity contribution in [2.75, 3.05) is 26.0 Å². The van der Waals surface area contributed by atoms with Crippen molar-refractivity contribution in [3.05, 3.63) is 59.7 Å². The summed E-state index contributed by atoms with van der Waals surface area (Å²) in [5.74, 6) is -1.83. The van der Waals surface area contributed by atoms with Crippen LogP contribution in [0.15, 0.2) is 47.5 Å². The second-order valence-corrected chi connectivity index (χ2v) is 6.04. The zero-order valence-electron chi connectivity index (χ0n) is 15.5. The molecule has 0 spiro atoms. The number of hydrogen-bond acceptors (Lipinski definition) is 3. The molecule has 0 aliphatic carbocycles. The minimum atomic E-state index is -4.78. The summed E-state index contributed by atoms with van der Waals surface area (Å²) in [6, 6.07) is 7.75. The minimum absolute atomic E-state index is 0. The Hall–Kier alpha value is -2.15. The second-order valence-electron chi connectivity index (χ2n) is 6.04. The summed E-state index contributed by atoms with van der Waals surface area (Å²) >= 11 is 0. The highest BCUT2D eigenvalue weighted by molar-refractivity contribution is 14.0. The monoisotopic (exact) mass is 530 g/mol. The summed E-state index contributed by atoms with van der Waals surface area (Å²) in [6.45, 7) is -0.0427. The van der Waals surface area contributed by atoms with Crippen LogP contribution in [-0.4, -0.2) is 37.9 Å². The van der Waals surface area contributed by atoms with Crippen LogP contribution in [0.2, 0.25) is 0 Å². The quantitative estimate of drug-likeness (QED) is 0.250. The van der Waals surface area contributed by atoms with E-state index in [1.54, 1.807) is 19.0 Å². The highest BCUT2D eigenvalue weighted by Gasteiger charge is 2.31. The number of halogens is 6. The standard InChI is InChI=1S/C18H19F5N4O.HI/c1-27(2)15(16-13(19)4-3-5-14(16)20)10-25-17(24)26-11-6-8-12(9-7-11)28-18(21,22)23;/h3-9,15H,10H2,1-2H3,(H3,24,25,26);1H. The van der Waals surface area contributed by atoms with Crippen molar-refractivity contribution in [1.82, 2.24) is 4.90 Å². The first-order chi connectivity index (χ1) is 13.1. The lowest BCUT2D eigenvalue weighted by molar-refractivity contribution is -0.274. The first kappa shape index (κ1) is 24.9. The number of guanidine groups is 1. The maximum absolute atomic E-state index is 14.0. The zero-order chi connectivity index (χ0) is 20.9. The van der Waals surface area contributed by atoms with Gasteiger partial charge in [0.25, 0.3) is 0 Å². The summed E-state index contributed by atoms with van der Waals surface area (Å²) in [6.07, 6.45) is -4.78. The Morgan fingerprint density at radius 1 is 1.10 bits per heavy atom. The summed E-state index contributed by atoms with van der Waals surface area (Å²) in [4.78, 5) is 5.68. The van der Waals surface area contributed by atoms with Gasteiger partial charge in [-0.15, -0.1) is 37.1 Å². The fourth-order valence-electron chi connectivity index (χ4n) is 2.45. The molecule has 2 rings (SSSR count). The number of nitrogens with one attached hydrogen (secondary N) is 1. The highest BCUT2D eigenvalue weighted by Crippen LogP contribution is 2.25. The fourth-order valence-corrected chi connectivity index (χ4v) is 2.45. The van der Waals surface area contributed by atoms with Crippen LogP contribution in [-0.2, 0) is 0 Å². The minimum Gasteiger partial charge on any atom is -0.406 e. The molecule has 160 valence electrons. The van der Waals surface area contributed by atoms with Crippen LogP contribution in [0, 0.1) is 11.6 Å². The molecule has 0 amide bonds. The molecule has 0 bridgehead atoms. The van der Waals surface area contributed by atoms with Gasteiger partial charge in [0.15, 0.2) is 5.96 Å². The summed E-state index contributed by atoms with van der Waals surface area (Å²) in [7, 11) is 3.30. The van der Waals surface area contributed by atoms with E-state index in [1.165, 1.54) is 18.2 Å². The Kier molecular flexibility index (Phi) is 9.08. The molecule has 2 aromatic rings. The molecule has 29 heavy (non-hydrogen) atoms. The number of ether oxygens (including phenoxy) is 1. The highest BCUT2D eigenvalue weighted by atomic mass is 127. The molecular formula is C18H20F5IN4O. The normalized spacial score (nSPS) is 13.0. The summed E-state index contributed by atoms with van der Waals surface area (Å²) in [5.41, 5.74) is 6.01. The van der Waals surface area contributed by atoms with E-state index in [0.29, 0.717) is 5.69 Å². The molecule has 0 saturated heterocycles. The number of hydrogen-bond donors (Lipinski definition) is 2. The first-order valence-electron chi connectivity index (χ1n) is 8.10. The Bertz CT molecular complexity index is 808. The van der Waals surface area contributed by atoms with Crippen LogP contribution in [0.1, 0.15) is 11.6 Å². The van der Waals surface area contributed by atoms with Crippen molar-refractivity contribution in [2.45, 2.75) is 12.4 Å². The number of nitrogens with zero attached hydrogens (tertiary/aromatic N) is 2.